The Bertz CT molecular complexity index is 1890. The van der Waals surface area contributed by atoms with Crippen molar-refractivity contribution in [3.8, 4) is 34.5 Å². The van der Waals surface area contributed by atoms with Crippen LogP contribution in [0.1, 0.15) is 69.2 Å². The molecule has 3 N–H and O–H groups in total. The summed E-state index contributed by atoms with van der Waals surface area (Å²) < 4.78 is 30.8. The highest BCUT2D eigenvalue weighted by atomic mass is 32.2. The Morgan fingerprint density at radius 2 is 1.86 bits per heavy atom. The van der Waals surface area contributed by atoms with Gasteiger partial charge in [-0.2, -0.15) is 0 Å². The zero-order chi connectivity index (χ0) is 34.5. The lowest BCUT2D eigenvalue weighted by Gasteiger charge is -2.49. The number of aromatic hydroxyl groups is 1. The van der Waals surface area contributed by atoms with E-state index in [1.807, 2.05) is 37.7 Å². The number of thioether (sulfide) groups is 1. The van der Waals surface area contributed by atoms with Crippen LogP contribution in [0.5, 0.6) is 34.5 Å². The number of ether oxygens (including phenoxy) is 5. The first-order chi connectivity index (χ1) is 23.5. The number of carbonyl (C=O) groups is 1. The van der Waals surface area contributed by atoms with Crippen molar-refractivity contribution >= 4 is 23.4 Å². The molecule has 1 fully saturated rings. The number of phenols is 1. The number of hydrogen-bond donors (Lipinski definition) is 2. The van der Waals surface area contributed by atoms with Gasteiger partial charge in [-0.25, -0.2) is 0 Å². The molecule has 11 nitrogen and oxygen atoms in total. The number of carbonyl (C=O) groups excluding carboxylic acids is 1. The molecule has 6 atom stereocenters. The van der Waals surface area contributed by atoms with Gasteiger partial charge in [0, 0.05) is 47.2 Å². The van der Waals surface area contributed by atoms with Gasteiger partial charge in [0.1, 0.15) is 17.5 Å². The van der Waals surface area contributed by atoms with Crippen LogP contribution in [0.4, 0.5) is 5.69 Å². The van der Waals surface area contributed by atoms with Gasteiger partial charge in [-0.05, 0) is 44.2 Å². The van der Waals surface area contributed by atoms with Crippen molar-refractivity contribution in [3.05, 3.63) is 63.2 Å². The molecule has 8 rings (SSSR count). The molecule has 0 amide bonds. The summed E-state index contributed by atoms with van der Waals surface area (Å²) in [6, 6.07) is 8.10. The molecule has 5 aliphatic heterocycles. The molecular weight excluding hydrogens is 644 g/mol. The highest BCUT2D eigenvalue weighted by Gasteiger charge is 2.58. The van der Waals surface area contributed by atoms with E-state index >= 15 is 0 Å². The van der Waals surface area contributed by atoms with Crippen LogP contribution < -0.4 is 29.4 Å². The van der Waals surface area contributed by atoms with Crippen LogP contribution in [0.2, 0.25) is 0 Å². The summed E-state index contributed by atoms with van der Waals surface area (Å²) in [6.45, 7) is 7.86. The van der Waals surface area contributed by atoms with Crippen LogP contribution in [-0.2, 0) is 11.2 Å². The third-order valence-corrected chi connectivity index (χ3v) is 13.0. The molecule has 5 unspecified atom stereocenters. The zero-order valence-corrected chi connectivity index (χ0v) is 30.0. The van der Waals surface area contributed by atoms with Crippen LogP contribution in [0.25, 0.3) is 0 Å². The minimum Gasteiger partial charge on any atom is -0.504 e. The van der Waals surface area contributed by atoms with Crippen molar-refractivity contribution in [2.75, 3.05) is 66.4 Å². The zero-order valence-electron chi connectivity index (χ0n) is 29.2. The molecule has 5 heterocycles. The molecular formula is C37H45N4O7S+. The van der Waals surface area contributed by atoms with Crippen LogP contribution in [0.15, 0.2) is 24.3 Å². The number of anilines is 1. The van der Waals surface area contributed by atoms with Gasteiger partial charge in [-0.15, -0.1) is 11.8 Å². The van der Waals surface area contributed by atoms with Crippen LogP contribution in [0.3, 0.4) is 0 Å². The van der Waals surface area contributed by atoms with Gasteiger partial charge in [0.05, 0.1) is 69.8 Å². The van der Waals surface area contributed by atoms with E-state index in [1.54, 1.807) is 14.2 Å². The quantitative estimate of drug-likeness (QED) is 0.164. The Morgan fingerprint density at radius 3 is 2.59 bits per heavy atom. The lowest BCUT2D eigenvalue weighted by Crippen LogP contribution is -2.56. The Hall–Kier alpha value is -3.84. The van der Waals surface area contributed by atoms with Gasteiger partial charge in [0.15, 0.2) is 23.0 Å². The lowest BCUT2D eigenvalue weighted by atomic mass is 9.80. The van der Waals surface area contributed by atoms with Gasteiger partial charge in [-0.1, -0.05) is 12.1 Å². The van der Waals surface area contributed by atoms with Crippen LogP contribution >= 0.6 is 11.8 Å². The standard InChI is InChI=1S/C37H44N4O7S/c1-18-8-9-22(32(43)33(18)45-7)30-31-37-29-28(36-35(46-17-47-36)19(2)34(29)48-20(3)42)25(40(31)16-39(30)4)14-41(5)11-10-21-12-24(38)27(44-6)13-23(21)26(41)15-49-37/h8-9,12-13,25-26,30-31,37H,10-11,14-17,38H2,1-7H3/p+1/t25?,26?,30?,31-,37?,41?/m1/s1. The second-order valence-corrected chi connectivity index (χ2v) is 15.5. The van der Waals surface area contributed by atoms with E-state index < -0.39 is 0 Å². The number of nitrogens with zero attached hydrogens (tertiary/aromatic N) is 3. The first-order valence-corrected chi connectivity index (χ1v) is 17.9. The summed E-state index contributed by atoms with van der Waals surface area (Å²) in [4.78, 5) is 17.7. The van der Waals surface area contributed by atoms with E-state index in [4.69, 9.17) is 29.4 Å². The fourth-order valence-corrected chi connectivity index (χ4v) is 11.2. The molecule has 49 heavy (non-hydrogen) atoms. The minimum atomic E-state index is -0.377. The van der Waals surface area contributed by atoms with Gasteiger partial charge >= 0.3 is 5.97 Å². The number of phenolic OH excluding ortho intramolecular Hbond substituents is 1. The number of rotatable bonds is 4. The molecule has 3 aromatic rings. The van der Waals surface area contributed by atoms with Crippen molar-refractivity contribution in [1.29, 1.82) is 0 Å². The van der Waals surface area contributed by atoms with Crippen molar-refractivity contribution < 1.29 is 38.1 Å². The summed E-state index contributed by atoms with van der Waals surface area (Å²) in [7, 11) is 7.77. The number of fused-ring (bicyclic) bond motifs is 7. The average molecular weight is 690 g/mol. The molecule has 0 aliphatic carbocycles. The predicted octanol–water partition coefficient (Wildman–Crippen LogP) is 5.16. The Morgan fingerprint density at radius 1 is 1.08 bits per heavy atom. The second kappa shape index (κ2) is 11.6. The van der Waals surface area contributed by atoms with Gasteiger partial charge in [0.25, 0.3) is 0 Å². The third-order valence-electron chi connectivity index (χ3n) is 11.6. The monoisotopic (exact) mass is 689 g/mol. The van der Waals surface area contributed by atoms with E-state index in [9.17, 15) is 9.90 Å². The number of nitrogen functional groups attached to an aromatic ring is 1. The predicted molar refractivity (Wildman–Crippen MR) is 187 cm³/mol. The lowest BCUT2D eigenvalue weighted by molar-refractivity contribution is -0.941. The summed E-state index contributed by atoms with van der Waals surface area (Å²) in [5, 5.41) is 11.6. The summed E-state index contributed by atoms with van der Waals surface area (Å²) >= 11 is 1.89. The van der Waals surface area contributed by atoms with E-state index in [-0.39, 0.29) is 47.9 Å². The molecule has 0 aromatic heterocycles. The maximum Gasteiger partial charge on any atom is 0.308 e. The summed E-state index contributed by atoms with van der Waals surface area (Å²) in [5.74, 6) is 3.75. The molecule has 12 heteroatoms. The number of nitrogens with two attached hydrogens (primary N) is 1. The number of aryl methyl sites for hydroxylation is 1. The number of likely N-dealkylation sites (N-methyl/N-ethyl adjacent to an activating group) is 2. The van der Waals surface area contributed by atoms with E-state index in [2.05, 4.69) is 36.0 Å². The van der Waals surface area contributed by atoms with Crippen molar-refractivity contribution in [3.63, 3.8) is 0 Å². The Labute approximate surface area is 291 Å². The number of esters is 1. The molecule has 0 saturated carbocycles. The maximum absolute atomic E-state index is 12.8. The van der Waals surface area contributed by atoms with Crippen molar-refractivity contribution in [2.45, 2.75) is 56.6 Å². The number of benzene rings is 3. The maximum atomic E-state index is 12.8. The first kappa shape index (κ1) is 32.4. The first-order valence-electron chi connectivity index (χ1n) is 16.9. The highest BCUT2D eigenvalue weighted by molar-refractivity contribution is 7.99. The number of methoxy groups -OCH3 is 2. The topological polar surface area (TPSA) is 116 Å². The highest BCUT2D eigenvalue weighted by Crippen LogP contribution is 2.64. The SMILES string of the molecule is COc1cc2c(cc1N)CC[N+]1(C)CC3c4c5c(c(C)c(OC(C)=O)c4C(SCC21)[C@H]1C(c2ccc(C)c(OC)c2O)N(C)CN31)OCO5. The molecule has 5 aliphatic rings. The third kappa shape index (κ3) is 4.71. The van der Waals surface area contributed by atoms with E-state index in [0.29, 0.717) is 35.4 Å². The Balaban J connectivity index is 1.38. The number of quaternary nitrogens is 1. The summed E-state index contributed by atoms with van der Waals surface area (Å²) in [6.07, 6.45) is 0.900. The summed E-state index contributed by atoms with van der Waals surface area (Å²) in [5.41, 5.74) is 14.1. The van der Waals surface area contributed by atoms with Gasteiger partial charge in [-0.3, -0.25) is 14.6 Å². The van der Waals surface area contributed by atoms with Crippen molar-refractivity contribution in [2.24, 2.45) is 0 Å². The molecule has 0 spiro atoms. The number of hydrogen-bond acceptors (Lipinski definition) is 11. The molecule has 1 saturated heterocycles. The molecule has 0 radical (unpaired) electrons. The molecule has 3 aromatic carbocycles. The smallest absolute Gasteiger partial charge is 0.308 e. The van der Waals surface area contributed by atoms with E-state index in [1.165, 1.54) is 18.1 Å². The van der Waals surface area contributed by atoms with Gasteiger partial charge < -0.3 is 39.0 Å². The van der Waals surface area contributed by atoms with Crippen LogP contribution in [-0.4, -0.2) is 92.0 Å². The van der Waals surface area contributed by atoms with Crippen LogP contribution in [0, 0.1) is 13.8 Å². The molecule has 260 valence electrons. The fraction of sp³-hybridized carbons (Fsp3) is 0.486. The minimum absolute atomic E-state index is 0.0757. The second-order valence-electron chi connectivity index (χ2n) is 14.4. The largest absolute Gasteiger partial charge is 0.504 e. The van der Waals surface area contributed by atoms with Crippen molar-refractivity contribution in [1.82, 2.24) is 9.80 Å². The van der Waals surface area contributed by atoms with Gasteiger partial charge in [0.2, 0.25) is 6.79 Å². The normalized spacial score (nSPS) is 28.4. The fourth-order valence-electron chi connectivity index (χ4n) is 9.35. The Kier molecular flexibility index (Phi) is 7.67. The average Bonchev–Trinajstić information content (AvgIpc) is 3.69. The molecule has 2 bridgehead atoms. The van der Waals surface area contributed by atoms with E-state index in [0.717, 1.165) is 63.3 Å².